The first-order valence-corrected chi connectivity index (χ1v) is 8.79. The maximum absolute atomic E-state index is 12.4. The van der Waals surface area contributed by atoms with E-state index in [1.54, 1.807) is 4.31 Å². The fourth-order valence-electron chi connectivity index (χ4n) is 3.46. The van der Waals surface area contributed by atoms with E-state index in [0.29, 0.717) is 18.6 Å². The van der Waals surface area contributed by atoms with E-state index in [4.69, 9.17) is 0 Å². The molecule has 2 saturated heterocycles. The highest BCUT2D eigenvalue weighted by Crippen LogP contribution is 2.31. The average Bonchev–Trinajstić information content (AvgIpc) is 2.56. The largest absolute Gasteiger partial charge is 0.311 e. The smallest absolute Gasteiger partial charge is 0.214 e. The van der Waals surface area contributed by atoms with Crippen molar-refractivity contribution in [3.63, 3.8) is 0 Å². The van der Waals surface area contributed by atoms with Crippen molar-refractivity contribution in [2.45, 2.75) is 64.6 Å². The van der Waals surface area contributed by atoms with Gasteiger partial charge in [-0.05, 0) is 31.6 Å². The average molecular weight is 274 g/mol. The molecule has 2 heterocycles. The number of hydrogen-bond acceptors (Lipinski definition) is 3. The molecule has 106 valence electrons. The zero-order valence-electron chi connectivity index (χ0n) is 11.7. The number of rotatable bonds is 5. The molecule has 2 unspecified atom stereocenters. The second-order valence-electron chi connectivity index (χ2n) is 6.14. The van der Waals surface area contributed by atoms with Crippen LogP contribution in [0.2, 0.25) is 0 Å². The summed E-state index contributed by atoms with van der Waals surface area (Å²) in [5, 5.41) is 3.57. The van der Waals surface area contributed by atoms with Crippen LogP contribution < -0.4 is 5.32 Å². The molecule has 0 spiro atoms. The van der Waals surface area contributed by atoms with Crippen molar-refractivity contribution < 1.29 is 8.42 Å². The summed E-state index contributed by atoms with van der Waals surface area (Å²) in [6.07, 6.45) is 4.40. The molecule has 2 bridgehead atoms. The molecule has 0 aliphatic carbocycles. The second-order valence-corrected chi connectivity index (χ2v) is 8.11. The molecule has 0 saturated carbocycles. The van der Waals surface area contributed by atoms with Gasteiger partial charge in [0.2, 0.25) is 10.0 Å². The molecule has 1 N–H and O–H groups in total. The van der Waals surface area contributed by atoms with Crippen LogP contribution in [0.15, 0.2) is 0 Å². The van der Waals surface area contributed by atoms with E-state index in [0.717, 1.165) is 12.8 Å². The second kappa shape index (κ2) is 5.47. The quantitative estimate of drug-likeness (QED) is 0.828. The molecule has 2 aliphatic rings. The topological polar surface area (TPSA) is 49.4 Å². The summed E-state index contributed by atoms with van der Waals surface area (Å²) >= 11 is 0. The van der Waals surface area contributed by atoms with E-state index in [2.05, 4.69) is 5.32 Å². The molecule has 2 atom stereocenters. The first-order valence-electron chi connectivity index (χ1n) is 7.18. The van der Waals surface area contributed by atoms with Gasteiger partial charge in [-0.1, -0.05) is 20.8 Å². The number of nitrogens with zero attached hydrogens (tertiary/aromatic N) is 1. The minimum atomic E-state index is -3.08. The van der Waals surface area contributed by atoms with Gasteiger partial charge in [0.25, 0.3) is 0 Å². The summed E-state index contributed by atoms with van der Waals surface area (Å²) in [6.45, 7) is 6.51. The standard InChI is InChI=1S/C13H26N2O2S/c1-4-15(18(16,17)9-10(2)3)13-7-11-5-6-12(8-13)14-11/h10-14H,4-9H2,1-3H3. The van der Waals surface area contributed by atoms with Crippen LogP contribution in [0.4, 0.5) is 0 Å². The Labute approximate surface area is 111 Å². The fourth-order valence-corrected chi connectivity index (χ4v) is 5.52. The Morgan fingerprint density at radius 2 is 1.78 bits per heavy atom. The molecule has 5 heteroatoms. The zero-order valence-corrected chi connectivity index (χ0v) is 12.5. The van der Waals surface area contributed by atoms with Crippen molar-refractivity contribution in [3.05, 3.63) is 0 Å². The van der Waals surface area contributed by atoms with Gasteiger partial charge in [0.15, 0.2) is 0 Å². The Hall–Kier alpha value is -0.130. The molecule has 4 nitrogen and oxygen atoms in total. The molecule has 0 aromatic heterocycles. The van der Waals surface area contributed by atoms with Gasteiger partial charge < -0.3 is 5.32 Å². The van der Waals surface area contributed by atoms with Crippen molar-refractivity contribution in [3.8, 4) is 0 Å². The van der Waals surface area contributed by atoms with Crippen LogP contribution >= 0.6 is 0 Å². The molecule has 0 aromatic carbocycles. The van der Waals surface area contributed by atoms with Crippen LogP contribution in [0, 0.1) is 5.92 Å². The lowest BCUT2D eigenvalue weighted by Gasteiger charge is -2.36. The maximum Gasteiger partial charge on any atom is 0.214 e. The van der Waals surface area contributed by atoms with Crippen molar-refractivity contribution in [1.82, 2.24) is 9.62 Å². The fraction of sp³-hybridized carbons (Fsp3) is 1.00. The number of piperidine rings is 1. The van der Waals surface area contributed by atoms with E-state index in [-0.39, 0.29) is 17.7 Å². The molecule has 0 aromatic rings. The van der Waals surface area contributed by atoms with Crippen LogP contribution in [0.25, 0.3) is 0 Å². The molecule has 0 radical (unpaired) electrons. The van der Waals surface area contributed by atoms with Gasteiger partial charge in [-0.2, -0.15) is 4.31 Å². The Morgan fingerprint density at radius 1 is 1.22 bits per heavy atom. The normalized spacial score (nSPS) is 32.4. The van der Waals surface area contributed by atoms with Crippen LogP contribution in [0.1, 0.15) is 46.5 Å². The third kappa shape index (κ3) is 3.06. The Bertz CT molecular complexity index is 368. The predicted octanol–water partition coefficient (Wildman–Crippen LogP) is 1.58. The molecular weight excluding hydrogens is 248 g/mol. The predicted molar refractivity (Wildman–Crippen MR) is 74.0 cm³/mol. The Morgan fingerprint density at radius 3 is 2.22 bits per heavy atom. The van der Waals surface area contributed by atoms with Gasteiger partial charge >= 0.3 is 0 Å². The lowest BCUT2D eigenvalue weighted by molar-refractivity contribution is 0.231. The minimum Gasteiger partial charge on any atom is -0.311 e. The van der Waals surface area contributed by atoms with Gasteiger partial charge in [0, 0.05) is 24.7 Å². The summed E-state index contributed by atoms with van der Waals surface area (Å²) in [7, 11) is -3.08. The third-order valence-corrected chi connectivity index (χ3v) is 6.43. The maximum atomic E-state index is 12.4. The Balaban J connectivity index is 2.09. The van der Waals surface area contributed by atoms with Crippen LogP contribution in [0.3, 0.4) is 0 Å². The van der Waals surface area contributed by atoms with E-state index in [1.165, 1.54) is 12.8 Å². The van der Waals surface area contributed by atoms with Crippen molar-refractivity contribution in [2.24, 2.45) is 5.92 Å². The van der Waals surface area contributed by atoms with Gasteiger partial charge in [-0.25, -0.2) is 8.42 Å². The number of hydrogen-bond donors (Lipinski definition) is 1. The molecule has 18 heavy (non-hydrogen) atoms. The Kier molecular flexibility index (Phi) is 4.34. The van der Waals surface area contributed by atoms with Crippen LogP contribution in [-0.4, -0.2) is 43.1 Å². The number of sulfonamides is 1. The zero-order chi connectivity index (χ0) is 13.3. The van der Waals surface area contributed by atoms with Crippen LogP contribution in [-0.2, 0) is 10.0 Å². The molecular formula is C13H26N2O2S. The minimum absolute atomic E-state index is 0.197. The summed E-state index contributed by atoms with van der Waals surface area (Å²) in [4.78, 5) is 0. The van der Waals surface area contributed by atoms with Gasteiger partial charge in [0.1, 0.15) is 0 Å². The highest BCUT2D eigenvalue weighted by atomic mass is 32.2. The summed E-state index contributed by atoms with van der Waals surface area (Å²) in [5.74, 6) is 0.475. The summed E-state index contributed by atoms with van der Waals surface area (Å²) < 4.78 is 26.6. The van der Waals surface area contributed by atoms with Gasteiger partial charge in [-0.3, -0.25) is 0 Å². The SMILES string of the molecule is CCN(C1CC2CCC(C1)N2)S(=O)(=O)CC(C)C. The first kappa shape index (κ1) is 14.3. The van der Waals surface area contributed by atoms with Crippen molar-refractivity contribution in [1.29, 1.82) is 0 Å². The lowest BCUT2D eigenvalue weighted by atomic mass is 10.00. The molecule has 2 fully saturated rings. The molecule has 0 amide bonds. The highest BCUT2D eigenvalue weighted by Gasteiger charge is 2.39. The monoisotopic (exact) mass is 274 g/mol. The first-order chi connectivity index (χ1) is 8.42. The van der Waals surface area contributed by atoms with E-state index < -0.39 is 10.0 Å². The summed E-state index contributed by atoms with van der Waals surface area (Å²) in [6, 6.07) is 1.30. The third-order valence-electron chi connectivity index (χ3n) is 4.07. The van der Waals surface area contributed by atoms with E-state index in [9.17, 15) is 8.42 Å². The lowest BCUT2D eigenvalue weighted by Crippen LogP contribution is -2.50. The van der Waals surface area contributed by atoms with Crippen molar-refractivity contribution >= 4 is 10.0 Å². The van der Waals surface area contributed by atoms with E-state index >= 15 is 0 Å². The molecule has 2 rings (SSSR count). The van der Waals surface area contributed by atoms with Gasteiger partial charge in [-0.15, -0.1) is 0 Å². The number of nitrogens with one attached hydrogen (secondary N) is 1. The molecule has 2 aliphatic heterocycles. The van der Waals surface area contributed by atoms with E-state index in [1.807, 2.05) is 20.8 Å². The van der Waals surface area contributed by atoms with Crippen LogP contribution in [0.5, 0.6) is 0 Å². The van der Waals surface area contributed by atoms with Gasteiger partial charge in [0.05, 0.1) is 5.75 Å². The highest BCUT2D eigenvalue weighted by molar-refractivity contribution is 7.89. The number of fused-ring (bicyclic) bond motifs is 2. The van der Waals surface area contributed by atoms with Crippen molar-refractivity contribution in [2.75, 3.05) is 12.3 Å². The summed E-state index contributed by atoms with van der Waals surface area (Å²) in [5.41, 5.74) is 0.